The summed E-state index contributed by atoms with van der Waals surface area (Å²) < 4.78 is 22.6. The Bertz CT molecular complexity index is 1440. The van der Waals surface area contributed by atoms with E-state index in [1.165, 1.54) is 148 Å². The van der Waals surface area contributed by atoms with E-state index in [1.54, 1.807) is 6.08 Å². The maximum absolute atomic E-state index is 13.1. The molecule has 12 atom stereocenters. The number of carbonyl (C=O) groups is 1. The van der Waals surface area contributed by atoms with Crippen molar-refractivity contribution >= 4 is 5.91 Å². The second kappa shape index (κ2) is 46.8. The highest BCUT2D eigenvalue weighted by atomic mass is 16.7. The molecule has 2 aliphatic rings. The number of allylic oxidation sites excluding steroid dienone is 7. The van der Waals surface area contributed by atoms with E-state index in [9.17, 15) is 45.6 Å². The minimum atomic E-state index is -1.79. The van der Waals surface area contributed by atoms with Gasteiger partial charge in [-0.3, -0.25) is 4.79 Å². The van der Waals surface area contributed by atoms with Crippen molar-refractivity contribution in [2.75, 3.05) is 19.8 Å². The largest absolute Gasteiger partial charge is 0.394 e. The average molecular weight is 1070 g/mol. The number of ether oxygens (including phenoxy) is 4. The molecule has 2 heterocycles. The van der Waals surface area contributed by atoms with Gasteiger partial charge in [-0.2, -0.15) is 0 Å². The maximum atomic E-state index is 13.1. The number of carbonyl (C=O) groups excluding carboxylic acids is 1. The lowest BCUT2D eigenvalue weighted by Crippen LogP contribution is -2.65. The monoisotopic (exact) mass is 1070 g/mol. The Hall–Kier alpha value is -2.05. The zero-order valence-electron chi connectivity index (χ0n) is 47.0. The minimum Gasteiger partial charge on any atom is -0.394 e. The van der Waals surface area contributed by atoms with Crippen LogP contribution in [-0.4, -0.2) is 140 Å². The van der Waals surface area contributed by atoms with Crippen LogP contribution in [-0.2, 0) is 23.7 Å². The van der Waals surface area contributed by atoms with Crippen molar-refractivity contribution < 1.29 is 64.6 Å². The normalized spacial score (nSPS) is 25.4. The molecule has 2 fully saturated rings. The van der Waals surface area contributed by atoms with E-state index in [0.29, 0.717) is 6.42 Å². The molecule has 14 heteroatoms. The zero-order chi connectivity index (χ0) is 54.6. The minimum absolute atomic E-state index is 0.244. The first-order chi connectivity index (χ1) is 36.6. The van der Waals surface area contributed by atoms with E-state index in [-0.39, 0.29) is 18.9 Å². The Balaban J connectivity index is 1.53. The summed E-state index contributed by atoms with van der Waals surface area (Å²) >= 11 is 0. The van der Waals surface area contributed by atoms with Gasteiger partial charge in [0.2, 0.25) is 5.91 Å². The van der Waals surface area contributed by atoms with E-state index in [4.69, 9.17) is 18.9 Å². The van der Waals surface area contributed by atoms with Crippen molar-refractivity contribution in [3.8, 4) is 0 Å². The molecule has 0 aliphatic carbocycles. The van der Waals surface area contributed by atoms with Crippen LogP contribution in [0.25, 0.3) is 0 Å². The Kier molecular flexibility index (Phi) is 43.1. The first kappa shape index (κ1) is 69.1. The first-order valence-electron chi connectivity index (χ1n) is 30.4. The van der Waals surface area contributed by atoms with Crippen molar-refractivity contribution in [2.24, 2.45) is 0 Å². The molecular weight excluding hydrogens is 955 g/mol. The lowest BCUT2D eigenvalue weighted by Gasteiger charge is -2.46. The quantitative estimate of drug-likeness (QED) is 0.0204. The number of nitrogens with one attached hydrogen (secondary N) is 1. The van der Waals surface area contributed by atoms with E-state index in [1.807, 2.05) is 6.08 Å². The SMILES string of the molecule is CCCCCC/C=C/C(O)C(COC1OC(CO)C(OC2OC(CO)C(O)C(O)C2O)C(O)C1O)NC(=O)CCCCCCCCCCCCCCCCCCCCCC/C=C\C/C=C\C/C=C\CCCCCCC. The summed E-state index contributed by atoms with van der Waals surface area (Å²) in [6.07, 6.45) is 42.4. The van der Waals surface area contributed by atoms with Crippen molar-refractivity contribution in [1.82, 2.24) is 5.32 Å². The van der Waals surface area contributed by atoms with Crippen molar-refractivity contribution in [3.63, 3.8) is 0 Å². The van der Waals surface area contributed by atoms with Gasteiger partial charge in [0, 0.05) is 6.42 Å². The number of amides is 1. The number of hydrogen-bond acceptors (Lipinski definition) is 13. The van der Waals surface area contributed by atoms with Gasteiger partial charge in [-0.1, -0.05) is 223 Å². The summed E-state index contributed by atoms with van der Waals surface area (Å²) in [5.41, 5.74) is 0. The molecule has 2 rings (SSSR count). The topological polar surface area (TPSA) is 228 Å². The molecule has 14 nitrogen and oxygen atoms in total. The molecule has 12 unspecified atom stereocenters. The molecule has 75 heavy (non-hydrogen) atoms. The van der Waals surface area contributed by atoms with Crippen LogP contribution in [0.1, 0.15) is 239 Å². The maximum Gasteiger partial charge on any atom is 0.220 e. The third-order valence-corrected chi connectivity index (χ3v) is 14.8. The Morgan fingerprint density at radius 3 is 1.36 bits per heavy atom. The first-order valence-corrected chi connectivity index (χ1v) is 30.4. The lowest BCUT2D eigenvalue weighted by atomic mass is 9.97. The molecule has 0 saturated carbocycles. The number of unbranched alkanes of at least 4 members (excludes halogenated alkanes) is 29. The number of hydrogen-bond donors (Lipinski definition) is 9. The summed E-state index contributed by atoms with van der Waals surface area (Å²) in [6.45, 7) is 2.69. The van der Waals surface area contributed by atoms with Gasteiger partial charge >= 0.3 is 0 Å². The van der Waals surface area contributed by atoms with Gasteiger partial charge in [-0.05, 0) is 57.8 Å². The molecule has 0 bridgehead atoms. The molecular formula is C61H111NO13. The van der Waals surface area contributed by atoms with Crippen LogP contribution in [0.5, 0.6) is 0 Å². The van der Waals surface area contributed by atoms with Crippen molar-refractivity contribution in [3.05, 3.63) is 48.6 Å². The Morgan fingerprint density at radius 1 is 0.480 bits per heavy atom. The fourth-order valence-corrected chi connectivity index (χ4v) is 9.83. The van der Waals surface area contributed by atoms with E-state index >= 15 is 0 Å². The van der Waals surface area contributed by atoms with E-state index in [0.717, 1.165) is 64.2 Å². The summed E-state index contributed by atoms with van der Waals surface area (Å²) in [5.74, 6) is -0.244. The summed E-state index contributed by atoms with van der Waals surface area (Å²) in [5, 5.41) is 86.5. The predicted octanol–water partition coefficient (Wildman–Crippen LogP) is 10.4. The smallest absolute Gasteiger partial charge is 0.220 e. The van der Waals surface area contributed by atoms with E-state index in [2.05, 4.69) is 55.6 Å². The van der Waals surface area contributed by atoms with Gasteiger partial charge in [-0.25, -0.2) is 0 Å². The second-order valence-electron chi connectivity index (χ2n) is 21.5. The average Bonchev–Trinajstić information content (AvgIpc) is 3.41. The molecule has 438 valence electrons. The molecule has 0 spiro atoms. The van der Waals surface area contributed by atoms with Crippen LogP contribution in [0.2, 0.25) is 0 Å². The fourth-order valence-electron chi connectivity index (χ4n) is 9.83. The summed E-state index contributed by atoms with van der Waals surface area (Å²) in [6, 6.07) is -0.910. The van der Waals surface area contributed by atoms with Crippen LogP contribution in [0, 0.1) is 0 Å². The lowest BCUT2D eigenvalue weighted by molar-refractivity contribution is -0.359. The molecule has 0 aromatic rings. The number of aliphatic hydroxyl groups excluding tert-OH is 8. The highest BCUT2D eigenvalue weighted by molar-refractivity contribution is 5.76. The van der Waals surface area contributed by atoms with Gasteiger partial charge in [0.15, 0.2) is 12.6 Å². The Morgan fingerprint density at radius 2 is 0.880 bits per heavy atom. The highest BCUT2D eigenvalue weighted by Gasteiger charge is 2.51. The molecule has 0 aromatic carbocycles. The second-order valence-corrected chi connectivity index (χ2v) is 21.5. The van der Waals surface area contributed by atoms with Gasteiger partial charge < -0.3 is 65.1 Å². The predicted molar refractivity (Wildman–Crippen MR) is 300 cm³/mol. The van der Waals surface area contributed by atoms with E-state index < -0.39 is 86.8 Å². The van der Waals surface area contributed by atoms with Crippen molar-refractivity contribution in [1.29, 1.82) is 0 Å². The Labute approximate surface area is 454 Å². The third kappa shape index (κ3) is 32.6. The van der Waals surface area contributed by atoms with Crippen molar-refractivity contribution in [2.45, 2.75) is 312 Å². The van der Waals surface area contributed by atoms with Crippen LogP contribution in [0.4, 0.5) is 0 Å². The van der Waals surface area contributed by atoms with Crippen LogP contribution in [0.3, 0.4) is 0 Å². The number of rotatable bonds is 48. The standard InChI is InChI=1S/C61H111NO13/c1-3-5-7-9-11-12-13-14-15-16-17-18-19-20-21-22-23-24-25-26-27-28-29-30-31-32-33-34-35-36-37-38-39-41-43-45-53(66)62-49(50(65)44-42-40-10-8-6-4-2)48-72-60-58(71)56(69)59(52(47-64)74-60)75-61-57(70)55(68)54(67)51(46-63)73-61/h13-14,16-17,19-20,42,44,49-52,54-61,63-65,67-71H,3-12,15,18,21-41,43,45-48H2,1-2H3,(H,62,66)/b14-13-,17-16-,20-19-,44-42+. The summed E-state index contributed by atoms with van der Waals surface area (Å²) in [4.78, 5) is 13.1. The zero-order valence-corrected chi connectivity index (χ0v) is 47.0. The third-order valence-electron chi connectivity index (χ3n) is 14.8. The highest BCUT2D eigenvalue weighted by Crippen LogP contribution is 2.30. The molecule has 9 N–H and O–H groups in total. The van der Waals surface area contributed by atoms with Crippen LogP contribution >= 0.6 is 0 Å². The molecule has 0 radical (unpaired) electrons. The molecule has 1 amide bonds. The molecule has 0 aromatic heterocycles. The summed E-state index contributed by atoms with van der Waals surface area (Å²) in [7, 11) is 0. The van der Waals surface area contributed by atoms with Gasteiger partial charge in [-0.15, -0.1) is 0 Å². The number of aliphatic hydroxyl groups is 8. The molecule has 2 saturated heterocycles. The van der Waals surface area contributed by atoms with Gasteiger partial charge in [0.1, 0.15) is 48.8 Å². The fraction of sp³-hybridized carbons (Fsp3) is 0.852. The van der Waals surface area contributed by atoms with Crippen LogP contribution < -0.4 is 5.32 Å². The van der Waals surface area contributed by atoms with Crippen LogP contribution in [0.15, 0.2) is 48.6 Å². The van der Waals surface area contributed by atoms with Gasteiger partial charge in [0.25, 0.3) is 0 Å². The molecule has 2 aliphatic heterocycles. The van der Waals surface area contributed by atoms with Gasteiger partial charge in [0.05, 0.1) is 32.0 Å².